The molecule has 0 bridgehead atoms. The Morgan fingerprint density at radius 3 is 2.37 bits per heavy atom. The quantitative estimate of drug-likeness (QED) is 0.365. The molecule has 41 heavy (non-hydrogen) atoms. The molecule has 5 rings (SSSR count). The van der Waals surface area contributed by atoms with Gasteiger partial charge in [-0.15, -0.1) is 0 Å². The number of hydrogen-bond acceptors (Lipinski definition) is 6. The summed E-state index contributed by atoms with van der Waals surface area (Å²) in [6, 6.07) is 24.6. The van der Waals surface area contributed by atoms with Crippen LogP contribution >= 0.6 is 11.8 Å². The van der Waals surface area contributed by atoms with E-state index in [1.54, 1.807) is 0 Å². The number of aliphatic imine (C=N–C) groups is 2. The van der Waals surface area contributed by atoms with Crippen LogP contribution in [0.2, 0.25) is 0 Å². The molecule has 9 heteroatoms. The fourth-order valence-electron chi connectivity index (χ4n) is 4.68. The number of carbonyl (C=O) groups excluding carboxylic acids is 3. The zero-order chi connectivity index (χ0) is 28.8. The Bertz CT molecular complexity index is 1490. The first-order valence-electron chi connectivity index (χ1n) is 13.8. The topological polar surface area (TPSA) is 103 Å². The molecular weight excluding hydrogens is 534 g/mol. The molecule has 2 atom stereocenters. The Kier molecular flexibility index (Phi) is 8.94. The Hall–Kier alpha value is -4.24. The molecule has 2 aliphatic rings. The number of aryl methyl sites for hydroxylation is 1. The number of fused-ring (bicyclic) bond motifs is 3. The largest absolute Gasteiger partial charge is 0.352 e. The summed E-state index contributed by atoms with van der Waals surface area (Å²) in [4.78, 5) is 50.4. The zero-order valence-corrected chi connectivity index (χ0v) is 24.0. The smallest absolute Gasteiger partial charge is 0.259 e. The van der Waals surface area contributed by atoms with Crippen molar-refractivity contribution in [2.24, 2.45) is 9.98 Å². The minimum Gasteiger partial charge on any atom is -0.352 e. The highest BCUT2D eigenvalue weighted by molar-refractivity contribution is 8.15. The SMILES string of the molecule is CCC(SC1=Nc2ccccc2C2=NC(CCC(=O)NCc3ccccc3)C(=O)N12)C(=O)NCc1ccc(C)cc1. The molecule has 3 aromatic carbocycles. The Morgan fingerprint density at radius 2 is 1.61 bits per heavy atom. The van der Waals surface area contributed by atoms with E-state index in [2.05, 4.69) is 10.6 Å². The van der Waals surface area contributed by atoms with Gasteiger partial charge in [0.25, 0.3) is 5.91 Å². The number of para-hydroxylation sites is 1. The monoisotopic (exact) mass is 567 g/mol. The number of nitrogens with zero attached hydrogens (tertiary/aromatic N) is 3. The summed E-state index contributed by atoms with van der Waals surface area (Å²) in [5, 5.41) is 5.92. The maximum absolute atomic E-state index is 13.6. The van der Waals surface area contributed by atoms with Crippen molar-refractivity contribution in [1.29, 1.82) is 0 Å². The molecule has 210 valence electrons. The van der Waals surface area contributed by atoms with Gasteiger partial charge in [0, 0.05) is 25.1 Å². The van der Waals surface area contributed by atoms with Crippen LogP contribution in [-0.4, -0.2) is 44.9 Å². The van der Waals surface area contributed by atoms with Gasteiger partial charge in [-0.1, -0.05) is 91.0 Å². The highest BCUT2D eigenvalue weighted by Crippen LogP contribution is 2.35. The van der Waals surface area contributed by atoms with E-state index in [1.807, 2.05) is 92.7 Å². The third-order valence-corrected chi connectivity index (χ3v) is 8.34. The molecular formula is C32H33N5O3S. The van der Waals surface area contributed by atoms with E-state index in [9.17, 15) is 14.4 Å². The van der Waals surface area contributed by atoms with Crippen LogP contribution in [-0.2, 0) is 27.5 Å². The molecule has 3 aromatic rings. The van der Waals surface area contributed by atoms with Gasteiger partial charge in [0.05, 0.1) is 10.9 Å². The number of carbonyl (C=O) groups is 3. The molecule has 0 radical (unpaired) electrons. The lowest BCUT2D eigenvalue weighted by atomic mass is 10.1. The van der Waals surface area contributed by atoms with E-state index < -0.39 is 11.3 Å². The standard InChI is InChI=1S/C32H33N5O3S/c1-3-27(30(39)34-20-23-15-13-21(2)14-16-23)41-32-36-25-12-8-7-11-24(25)29-35-26(31(40)37(29)32)17-18-28(38)33-19-22-9-5-4-6-10-22/h4-16,26-27H,3,17-20H2,1-2H3,(H,33,38)(H,34,39). The molecule has 2 N–H and O–H groups in total. The van der Waals surface area contributed by atoms with Crippen LogP contribution in [0.15, 0.2) is 88.8 Å². The molecule has 3 amide bonds. The summed E-state index contributed by atoms with van der Waals surface area (Å²) in [6.45, 7) is 4.83. The predicted octanol–water partition coefficient (Wildman–Crippen LogP) is 4.88. The first-order chi connectivity index (χ1) is 19.9. The molecule has 0 fully saturated rings. The van der Waals surface area contributed by atoms with Gasteiger partial charge >= 0.3 is 0 Å². The van der Waals surface area contributed by atoms with Crippen molar-refractivity contribution in [3.63, 3.8) is 0 Å². The van der Waals surface area contributed by atoms with Crippen molar-refractivity contribution in [3.8, 4) is 0 Å². The maximum Gasteiger partial charge on any atom is 0.259 e. The number of amides is 3. The van der Waals surface area contributed by atoms with Crippen LogP contribution in [0.3, 0.4) is 0 Å². The lowest BCUT2D eigenvalue weighted by Gasteiger charge is -2.27. The number of nitrogens with one attached hydrogen (secondary N) is 2. The maximum atomic E-state index is 13.6. The Labute approximate surface area is 244 Å². The van der Waals surface area contributed by atoms with Gasteiger partial charge in [0.15, 0.2) is 5.17 Å². The average molecular weight is 568 g/mol. The second-order valence-electron chi connectivity index (χ2n) is 10.1. The summed E-state index contributed by atoms with van der Waals surface area (Å²) in [5.41, 5.74) is 4.66. The van der Waals surface area contributed by atoms with Crippen LogP contribution in [0.25, 0.3) is 0 Å². The first kappa shape index (κ1) is 28.3. The summed E-state index contributed by atoms with van der Waals surface area (Å²) in [5.74, 6) is 0.0438. The van der Waals surface area contributed by atoms with Crippen molar-refractivity contribution in [2.75, 3.05) is 0 Å². The van der Waals surface area contributed by atoms with Crippen molar-refractivity contribution in [3.05, 3.63) is 101 Å². The van der Waals surface area contributed by atoms with Gasteiger partial charge in [-0.3, -0.25) is 19.4 Å². The van der Waals surface area contributed by atoms with Crippen LogP contribution < -0.4 is 10.6 Å². The van der Waals surface area contributed by atoms with Crippen molar-refractivity contribution < 1.29 is 14.4 Å². The van der Waals surface area contributed by atoms with E-state index in [4.69, 9.17) is 9.98 Å². The van der Waals surface area contributed by atoms with Crippen LogP contribution in [0.5, 0.6) is 0 Å². The highest BCUT2D eigenvalue weighted by Gasteiger charge is 2.42. The zero-order valence-electron chi connectivity index (χ0n) is 23.2. The molecule has 0 aromatic heterocycles. The number of amidine groups is 2. The van der Waals surface area contributed by atoms with Gasteiger partial charge < -0.3 is 10.6 Å². The average Bonchev–Trinajstić information content (AvgIpc) is 3.34. The molecule has 2 unspecified atom stereocenters. The van der Waals surface area contributed by atoms with Gasteiger partial charge in [-0.2, -0.15) is 0 Å². The third kappa shape index (κ3) is 6.74. The van der Waals surface area contributed by atoms with Gasteiger partial charge in [-0.05, 0) is 43.0 Å². The molecule has 0 saturated carbocycles. The van der Waals surface area contributed by atoms with Crippen LogP contribution in [0.1, 0.15) is 48.4 Å². The number of rotatable bonds is 10. The minimum atomic E-state index is -0.695. The number of hydrogen-bond donors (Lipinski definition) is 2. The number of thioether (sulfide) groups is 1. The molecule has 2 aliphatic heterocycles. The van der Waals surface area contributed by atoms with Crippen molar-refractivity contribution in [2.45, 2.75) is 57.5 Å². The number of benzene rings is 3. The molecule has 0 saturated heterocycles. The van der Waals surface area contributed by atoms with Crippen molar-refractivity contribution >= 4 is 46.2 Å². The predicted molar refractivity (Wildman–Crippen MR) is 163 cm³/mol. The minimum absolute atomic E-state index is 0.114. The van der Waals surface area contributed by atoms with E-state index in [0.29, 0.717) is 36.2 Å². The van der Waals surface area contributed by atoms with Gasteiger partial charge in [0.1, 0.15) is 11.9 Å². The molecule has 8 nitrogen and oxygen atoms in total. The van der Waals surface area contributed by atoms with Gasteiger partial charge in [-0.25, -0.2) is 9.89 Å². The fraction of sp³-hybridized carbons (Fsp3) is 0.281. The molecule has 0 spiro atoms. The fourth-order valence-corrected chi connectivity index (χ4v) is 5.72. The Morgan fingerprint density at radius 1 is 0.927 bits per heavy atom. The summed E-state index contributed by atoms with van der Waals surface area (Å²) in [6.07, 6.45) is 1.02. The second-order valence-corrected chi connectivity index (χ2v) is 11.2. The molecule has 2 heterocycles. The van der Waals surface area contributed by atoms with Crippen molar-refractivity contribution in [1.82, 2.24) is 15.5 Å². The van der Waals surface area contributed by atoms with E-state index in [1.165, 1.54) is 16.7 Å². The Balaban J connectivity index is 1.26. The lowest BCUT2D eigenvalue weighted by molar-refractivity contribution is -0.125. The normalized spacial score (nSPS) is 16.3. The second kappa shape index (κ2) is 13.0. The van der Waals surface area contributed by atoms with E-state index in [-0.39, 0.29) is 30.6 Å². The summed E-state index contributed by atoms with van der Waals surface area (Å²) in [7, 11) is 0. The lowest BCUT2D eigenvalue weighted by Crippen LogP contribution is -2.43. The van der Waals surface area contributed by atoms with Crippen LogP contribution in [0, 0.1) is 6.92 Å². The summed E-state index contributed by atoms with van der Waals surface area (Å²) < 4.78 is 0. The van der Waals surface area contributed by atoms with Crippen LogP contribution in [0.4, 0.5) is 5.69 Å². The summed E-state index contributed by atoms with van der Waals surface area (Å²) >= 11 is 1.27. The van der Waals surface area contributed by atoms with E-state index >= 15 is 0 Å². The van der Waals surface area contributed by atoms with Gasteiger partial charge in [0.2, 0.25) is 11.8 Å². The third-order valence-electron chi connectivity index (χ3n) is 7.02. The highest BCUT2D eigenvalue weighted by atomic mass is 32.2. The van der Waals surface area contributed by atoms with E-state index in [0.717, 1.165) is 22.3 Å². The first-order valence-corrected chi connectivity index (χ1v) is 14.7. The molecule has 0 aliphatic carbocycles.